The molecule has 3 N–H and O–H groups in total. The van der Waals surface area contributed by atoms with Gasteiger partial charge in [0.25, 0.3) is 0 Å². The quantitative estimate of drug-likeness (QED) is 0.785. The van der Waals surface area contributed by atoms with Gasteiger partial charge in [-0.15, -0.1) is 0 Å². The first-order valence-corrected chi connectivity index (χ1v) is 8.57. The van der Waals surface area contributed by atoms with Gasteiger partial charge in [0.2, 0.25) is 5.95 Å². The predicted molar refractivity (Wildman–Crippen MR) is 85.2 cm³/mol. The van der Waals surface area contributed by atoms with Gasteiger partial charge in [-0.1, -0.05) is 0 Å². The highest BCUT2D eigenvalue weighted by Gasteiger charge is 2.13. The molecule has 9 heteroatoms. The Balaban J connectivity index is 2.18. The van der Waals surface area contributed by atoms with Crippen LogP contribution in [-0.2, 0) is 14.6 Å². The van der Waals surface area contributed by atoms with Crippen LogP contribution in [0, 0.1) is 0 Å². The van der Waals surface area contributed by atoms with E-state index in [2.05, 4.69) is 15.3 Å². The molecule has 0 unspecified atom stereocenters. The number of esters is 1. The molecular formula is C14H16N4O4S. The van der Waals surface area contributed by atoms with Gasteiger partial charge in [-0.3, -0.25) is 0 Å². The molecule has 0 aliphatic heterocycles. The third-order valence-electron chi connectivity index (χ3n) is 2.85. The molecule has 0 saturated heterocycles. The predicted octanol–water partition coefficient (Wildman–Crippen LogP) is 1.38. The molecule has 0 amide bonds. The maximum Gasteiger partial charge on any atom is 0.343 e. The van der Waals surface area contributed by atoms with Gasteiger partial charge in [0.15, 0.2) is 9.84 Å². The first-order chi connectivity index (χ1) is 10.8. The van der Waals surface area contributed by atoms with Gasteiger partial charge in [-0.25, -0.2) is 18.2 Å². The highest BCUT2D eigenvalue weighted by molar-refractivity contribution is 7.90. The Morgan fingerprint density at radius 3 is 2.48 bits per heavy atom. The highest BCUT2D eigenvalue weighted by atomic mass is 32.2. The van der Waals surface area contributed by atoms with Gasteiger partial charge in [-0.2, -0.15) is 4.98 Å². The molecule has 1 heterocycles. The summed E-state index contributed by atoms with van der Waals surface area (Å²) in [5, 5.41) is 2.87. The Kier molecular flexibility index (Phi) is 4.80. The van der Waals surface area contributed by atoms with E-state index in [1.807, 2.05) is 0 Å². The number of hydrogen-bond acceptors (Lipinski definition) is 8. The van der Waals surface area contributed by atoms with Crippen LogP contribution in [0.5, 0.6) is 0 Å². The summed E-state index contributed by atoms with van der Waals surface area (Å²) in [7, 11) is -3.25. The molecule has 0 bridgehead atoms. The molecule has 23 heavy (non-hydrogen) atoms. The van der Waals surface area contributed by atoms with Crippen LogP contribution in [-0.4, -0.2) is 37.2 Å². The molecule has 0 fully saturated rings. The second-order valence-corrected chi connectivity index (χ2v) is 6.65. The molecule has 2 aromatic rings. The Morgan fingerprint density at radius 2 is 1.96 bits per heavy atom. The summed E-state index contributed by atoms with van der Waals surface area (Å²) in [6, 6.07) is 6.09. The molecule has 1 aromatic carbocycles. The average Bonchev–Trinajstić information content (AvgIpc) is 2.47. The third kappa shape index (κ3) is 4.16. The number of nitrogens with zero attached hydrogens (tertiary/aromatic N) is 2. The lowest BCUT2D eigenvalue weighted by molar-refractivity contribution is 0.0527. The number of nitrogens with one attached hydrogen (secondary N) is 1. The van der Waals surface area contributed by atoms with Crippen molar-refractivity contribution in [2.75, 3.05) is 23.9 Å². The van der Waals surface area contributed by atoms with Crippen LogP contribution in [0.25, 0.3) is 0 Å². The minimum Gasteiger partial charge on any atom is -0.462 e. The smallest absolute Gasteiger partial charge is 0.343 e. The molecule has 0 radical (unpaired) electrons. The highest BCUT2D eigenvalue weighted by Crippen LogP contribution is 2.18. The summed E-state index contributed by atoms with van der Waals surface area (Å²) < 4.78 is 27.6. The van der Waals surface area contributed by atoms with E-state index in [1.165, 1.54) is 18.3 Å². The van der Waals surface area contributed by atoms with Gasteiger partial charge in [0.1, 0.15) is 11.4 Å². The monoisotopic (exact) mass is 336 g/mol. The van der Waals surface area contributed by atoms with Crippen molar-refractivity contribution in [3.05, 3.63) is 36.0 Å². The van der Waals surface area contributed by atoms with Crippen molar-refractivity contribution in [3.8, 4) is 0 Å². The van der Waals surface area contributed by atoms with Crippen LogP contribution in [0.1, 0.15) is 17.3 Å². The molecule has 0 aliphatic rings. The number of rotatable bonds is 5. The third-order valence-corrected chi connectivity index (χ3v) is 3.98. The average molecular weight is 336 g/mol. The van der Waals surface area contributed by atoms with Crippen molar-refractivity contribution in [3.63, 3.8) is 0 Å². The number of nitrogens with two attached hydrogens (primary N) is 1. The number of nitrogen functional groups attached to an aromatic ring is 1. The van der Waals surface area contributed by atoms with Crippen molar-refractivity contribution in [2.24, 2.45) is 0 Å². The van der Waals surface area contributed by atoms with Crippen molar-refractivity contribution in [1.82, 2.24) is 9.97 Å². The van der Waals surface area contributed by atoms with Crippen LogP contribution < -0.4 is 11.1 Å². The second-order valence-electron chi connectivity index (χ2n) is 4.63. The molecule has 0 spiro atoms. The number of carbonyl (C=O) groups excluding carboxylic acids is 1. The number of hydrogen-bond donors (Lipinski definition) is 2. The second kappa shape index (κ2) is 6.61. The fourth-order valence-electron chi connectivity index (χ4n) is 1.74. The summed E-state index contributed by atoms with van der Waals surface area (Å²) in [4.78, 5) is 19.8. The van der Waals surface area contributed by atoms with Gasteiger partial charge in [-0.05, 0) is 31.2 Å². The van der Waals surface area contributed by atoms with Crippen molar-refractivity contribution in [1.29, 1.82) is 0 Å². The van der Waals surface area contributed by atoms with E-state index in [1.54, 1.807) is 19.1 Å². The summed E-state index contributed by atoms with van der Waals surface area (Å²) >= 11 is 0. The summed E-state index contributed by atoms with van der Waals surface area (Å²) in [5.74, 6) is -0.412. The zero-order valence-electron chi connectivity index (χ0n) is 12.6. The Bertz CT molecular complexity index is 819. The lowest BCUT2D eigenvalue weighted by atomic mass is 10.3. The minimum absolute atomic E-state index is 0.00583. The van der Waals surface area contributed by atoms with Crippen LogP contribution >= 0.6 is 0 Å². The standard InChI is InChI=1S/C14H16N4O4S/c1-3-22-13(19)11-8-16-14(18-12(11)15)17-9-4-6-10(7-5-9)23(2,20)21/h4-8H,3H2,1-2H3,(H3,15,16,17,18). The SMILES string of the molecule is CCOC(=O)c1cnc(Nc2ccc(S(C)(=O)=O)cc2)nc1N. The lowest BCUT2D eigenvalue weighted by Gasteiger charge is -2.08. The molecule has 0 atom stereocenters. The summed E-state index contributed by atoms with van der Waals surface area (Å²) in [6.07, 6.45) is 2.40. The zero-order chi connectivity index (χ0) is 17.0. The molecule has 2 rings (SSSR count). The Morgan fingerprint density at radius 1 is 1.30 bits per heavy atom. The first kappa shape index (κ1) is 16.7. The number of anilines is 3. The maximum absolute atomic E-state index is 11.6. The number of ether oxygens (including phenoxy) is 1. The fraction of sp³-hybridized carbons (Fsp3) is 0.214. The van der Waals surface area contributed by atoms with Crippen LogP contribution in [0.2, 0.25) is 0 Å². The summed E-state index contributed by atoms with van der Waals surface area (Å²) in [6.45, 7) is 1.91. The van der Waals surface area contributed by atoms with Crippen molar-refractivity contribution >= 4 is 33.3 Å². The van der Waals surface area contributed by atoms with E-state index in [4.69, 9.17) is 10.5 Å². The van der Waals surface area contributed by atoms with E-state index in [-0.39, 0.29) is 28.8 Å². The van der Waals surface area contributed by atoms with E-state index in [0.717, 1.165) is 6.26 Å². The van der Waals surface area contributed by atoms with Gasteiger partial charge in [0, 0.05) is 18.1 Å². The largest absolute Gasteiger partial charge is 0.462 e. The topological polar surface area (TPSA) is 124 Å². The van der Waals surface area contributed by atoms with E-state index in [0.29, 0.717) is 5.69 Å². The van der Waals surface area contributed by atoms with Gasteiger partial charge in [0.05, 0.1) is 11.5 Å². The number of aromatic nitrogens is 2. The van der Waals surface area contributed by atoms with Crippen molar-refractivity contribution < 1.29 is 17.9 Å². The summed E-state index contributed by atoms with van der Waals surface area (Å²) in [5.41, 5.74) is 6.39. The van der Waals surface area contributed by atoms with Gasteiger partial charge >= 0.3 is 5.97 Å². The molecular weight excluding hydrogens is 320 g/mol. The molecule has 1 aromatic heterocycles. The van der Waals surface area contributed by atoms with Crippen LogP contribution in [0.3, 0.4) is 0 Å². The number of benzene rings is 1. The van der Waals surface area contributed by atoms with Crippen LogP contribution in [0.15, 0.2) is 35.4 Å². The van der Waals surface area contributed by atoms with Gasteiger partial charge < -0.3 is 15.8 Å². The molecule has 122 valence electrons. The van der Waals surface area contributed by atoms with E-state index >= 15 is 0 Å². The van der Waals surface area contributed by atoms with E-state index < -0.39 is 15.8 Å². The molecule has 0 aliphatic carbocycles. The first-order valence-electron chi connectivity index (χ1n) is 6.68. The Labute approximate surface area is 133 Å². The number of sulfone groups is 1. The van der Waals surface area contributed by atoms with E-state index in [9.17, 15) is 13.2 Å². The lowest BCUT2D eigenvalue weighted by Crippen LogP contribution is -2.11. The number of carbonyl (C=O) groups is 1. The van der Waals surface area contributed by atoms with Crippen LogP contribution in [0.4, 0.5) is 17.5 Å². The molecule has 0 saturated carbocycles. The Hall–Kier alpha value is -2.68. The van der Waals surface area contributed by atoms with Crippen molar-refractivity contribution in [2.45, 2.75) is 11.8 Å². The minimum atomic E-state index is -3.25. The molecule has 8 nitrogen and oxygen atoms in total. The maximum atomic E-state index is 11.6. The normalized spacial score (nSPS) is 11.0. The fourth-order valence-corrected chi connectivity index (χ4v) is 2.37. The zero-order valence-corrected chi connectivity index (χ0v) is 13.4.